The molecule has 1 heteroatoms. The fourth-order valence-corrected chi connectivity index (χ4v) is 2.07. The van der Waals surface area contributed by atoms with E-state index in [1.165, 1.54) is 11.1 Å². The van der Waals surface area contributed by atoms with Gasteiger partial charge in [-0.2, -0.15) is 0 Å². The van der Waals surface area contributed by atoms with Crippen LogP contribution in [0.25, 0.3) is 5.57 Å². The van der Waals surface area contributed by atoms with Gasteiger partial charge in [-0.1, -0.05) is 80.6 Å². The Morgan fingerprint density at radius 3 is 1.95 bits per heavy atom. The highest BCUT2D eigenvalue weighted by Crippen LogP contribution is 2.21. The van der Waals surface area contributed by atoms with Gasteiger partial charge < -0.3 is 5.73 Å². The third-order valence-corrected chi connectivity index (χ3v) is 3.16. The fraction of sp³-hybridized carbons (Fsp3) is 0.200. The van der Waals surface area contributed by atoms with Crippen LogP contribution in [0.15, 0.2) is 78.5 Å². The highest BCUT2D eigenvalue weighted by molar-refractivity contribution is 5.78. The molecule has 0 aromatic heterocycles. The van der Waals surface area contributed by atoms with E-state index in [1.54, 1.807) is 6.20 Å². The number of hydrogen-bond acceptors (Lipinski definition) is 1. The van der Waals surface area contributed by atoms with Gasteiger partial charge in [0.15, 0.2) is 0 Å². The van der Waals surface area contributed by atoms with Crippen LogP contribution in [0, 0.1) is 0 Å². The molecule has 0 spiro atoms. The smallest absolute Gasteiger partial charge is 0.00201 e. The standard InChI is InChI=1S/C18H19N.C2H6/c1-15(12-13-16-8-4-2-5-9-16)18(14-19)17-10-6-3-7-11-17;1-2/h2-12,14H,13,19H2,1H3;1-2H3/b15-12-,18-14+;. The molecule has 2 aromatic carbocycles. The SMILES string of the molecule is CC.CC(=C/Cc1ccccc1)/C(=C\N)c1ccccc1. The molecule has 21 heavy (non-hydrogen) atoms. The van der Waals surface area contributed by atoms with E-state index in [-0.39, 0.29) is 0 Å². The van der Waals surface area contributed by atoms with Gasteiger partial charge in [-0.15, -0.1) is 0 Å². The van der Waals surface area contributed by atoms with Crippen LogP contribution in [0.2, 0.25) is 0 Å². The number of allylic oxidation sites excluding steroid dienone is 3. The lowest BCUT2D eigenvalue weighted by Crippen LogP contribution is -1.92. The molecule has 0 saturated heterocycles. The van der Waals surface area contributed by atoms with Crippen molar-refractivity contribution in [3.8, 4) is 0 Å². The molecular weight excluding hydrogens is 254 g/mol. The molecule has 0 aliphatic heterocycles. The van der Waals surface area contributed by atoms with Gasteiger partial charge in [0, 0.05) is 6.20 Å². The lowest BCUT2D eigenvalue weighted by atomic mass is 9.98. The largest absolute Gasteiger partial charge is 0.404 e. The first-order chi connectivity index (χ1) is 10.3. The van der Waals surface area contributed by atoms with E-state index in [0.717, 1.165) is 17.6 Å². The zero-order chi connectivity index (χ0) is 15.5. The number of benzene rings is 2. The molecule has 2 rings (SSSR count). The van der Waals surface area contributed by atoms with Crippen molar-refractivity contribution in [1.82, 2.24) is 0 Å². The molecular formula is C20H25N. The van der Waals surface area contributed by atoms with Crippen LogP contribution >= 0.6 is 0 Å². The van der Waals surface area contributed by atoms with E-state index in [9.17, 15) is 0 Å². The third-order valence-electron chi connectivity index (χ3n) is 3.16. The second kappa shape index (κ2) is 9.60. The van der Waals surface area contributed by atoms with Gasteiger partial charge >= 0.3 is 0 Å². The van der Waals surface area contributed by atoms with Crippen LogP contribution in [0.1, 0.15) is 31.9 Å². The highest BCUT2D eigenvalue weighted by Gasteiger charge is 2.02. The summed E-state index contributed by atoms with van der Waals surface area (Å²) in [4.78, 5) is 0. The predicted molar refractivity (Wildman–Crippen MR) is 93.9 cm³/mol. The van der Waals surface area contributed by atoms with Crippen molar-refractivity contribution in [1.29, 1.82) is 0 Å². The summed E-state index contributed by atoms with van der Waals surface area (Å²) in [6, 6.07) is 20.7. The second-order valence-corrected chi connectivity index (χ2v) is 4.52. The van der Waals surface area contributed by atoms with Crippen LogP contribution in [0.4, 0.5) is 0 Å². The third kappa shape index (κ3) is 5.31. The molecule has 0 heterocycles. The summed E-state index contributed by atoms with van der Waals surface area (Å²) in [6.45, 7) is 6.11. The van der Waals surface area contributed by atoms with Gasteiger partial charge in [0.25, 0.3) is 0 Å². The monoisotopic (exact) mass is 279 g/mol. The molecule has 0 radical (unpaired) electrons. The predicted octanol–water partition coefficient (Wildman–Crippen LogP) is 5.20. The second-order valence-electron chi connectivity index (χ2n) is 4.52. The molecule has 0 unspecified atom stereocenters. The maximum atomic E-state index is 5.77. The zero-order valence-electron chi connectivity index (χ0n) is 13.2. The molecule has 0 atom stereocenters. The first-order valence-electron chi connectivity index (χ1n) is 7.49. The van der Waals surface area contributed by atoms with Gasteiger partial charge in [-0.25, -0.2) is 0 Å². The van der Waals surface area contributed by atoms with Crippen molar-refractivity contribution >= 4 is 5.57 Å². The van der Waals surface area contributed by atoms with Crippen LogP contribution in [-0.2, 0) is 6.42 Å². The maximum absolute atomic E-state index is 5.77. The van der Waals surface area contributed by atoms with E-state index in [4.69, 9.17) is 5.73 Å². The van der Waals surface area contributed by atoms with Gasteiger partial charge in [-0.3, -0.25) is 0 Å². The average Bonchev–Trinajstić information content (AvgIpc) is 2.57. The minimum absolute atomic E-state index is 0.927. The average molecular weight is 279 g/mol. The summed E-state index contributed by atoms with van der Waals surface area (Å²) >= 11 is 0. The fourth-order valence-electron chi connectivity index (χ4n) is 2.07. The van der Waals surface area contributed by atoms with Crippen molar-refractivity contribution in [2.24, 2.45) is 5.73 Å². The summed E-state index contributed by atoms with van der Waals surface area (Å²) in [5.41, 5.74) is 10.5. The van der Waals surface area contributed by atoms with Crippen molar-refractivity contribution in [3.05, 3.63) is 89.6 Å². The summed E-state index contributed by atoms with van der Waals surface area (Å²) in [7, 11) is 0. The molecule has 0 amide bonds. The first-order valence-corrected chi connectivity index (χ1v) is 7.49. The minimum Gasteiger partial charge on any atom is -0.404 e. The van der Waals surface area contributed by atoms with E-state index in [0.29, 0.717) is 0 Å². The lowest BCUT2D eigenvalue weighted by Gasteiger charge is -2.08. The summed E-state index contributed by atoms with van der Waals surface area (Å²) < 4.78 is 0. The number of hydrogen-bond donors (Lipinski definition) is 1. The van der Waals surface area contributed by atoms with Crippen LogP contribution in [0.5, 0.6) is 0 Å². The zero-order valence-corrected chi connectivity index (χ0v) is 13.2. The summed E-state index contributed by atoms with van der Waals surface area (Å²) in [5, 5.41) is 0. The number of nitrogens with two attached hydrogens (primary N) is 1. The van der Waals surface area contributed by atoms with Gasteiger partial charge in [0.1, 0.15) is 0 Å². The van der Waals surface area contributed by atoms with E-state index in [2.05, 4.69) is 49.4 Å². The Kier molecular flexibility index (Phi) is 7.67. The molecule has 2 aromatic rings. The van der Waals surface area contributed by atoms with Crippen LogP contribution in [-0.4, -0.2) is 0 Å². The van der Waals surface area contributed by atoms with E-state index < -0.39 is 0 Å². The van der Waals surface area contributed by atoms with Crippen molar-refractivity contribution < 1.29 is 0 Å². The maximum Gasteiger partial charge on any atom is 0.00201 e. The molecule has 1 nitrogen and oxygen atoms in total. The topological polar surface area (TPSA) is 26.0 Å². The quantitative estimate of drug-likeness (QED) is 0.765. The van der Waals surface area contributed by atoms with Crippen molar-refractivity contribution in [3.63, 3.8) is 0 Å². The Hall–Kier alpha value is -2.28. The van der Waals surface area contributed by atoms with Crippen LogP contribution < -0.4 is 5.73 Å². The normalized spacial score (nSPS) is 11.6. The Balaban J connectivity index is 0.00000106. The Labute approximate surface area is 128 Å². The lowest BCUT2D eigenvalue weighted by molar-refractivity contribution is 1.24. The number of rotatable bonds is 4. The molecule has 0 fully saturated rings. The van der Waals surface area contributed by atoms with Crippen molar-refractivity contribution in [2.75, 3.05) is 0 Å². The molecule has 0 aliphatic rings. The highest BCUT2D eigenvalue weighted by atomic mass is 14.5. The summed E-state index contributed by atoms with van der Waals surface area (Å²) in [6.07, 6.45) is 4.84. The molecule has 0 saturated carbocycles. The Bertz CT molecular complexity index is 565. The molecule has 0 aliphatic carbocycles. The van der Waals surface area contributed by atoms with E-state index >= 15 is 0 Å². The Morgan fingerprint density at radius 1 is 0.905 bits per heavy atom. The molecule has 2 N–H and O–H groups in total. The minimum atomic E-state index is 0.927. The van der Waals surface area contributed by atoms with Crippen molar-refractivity contribution in [2.45, 2.75) is 27.2 Å². The van der Waals surface area contributed by atoms with E-state index in [1.807, 2.05) is 38.1 Å². The molecule has 110 valence electrons. The van der Waals surface area contributed by atoms with Gasteiger partial charge in [-0.05, 0) is 35.6 Å². The van der Waals surface area contributed by atoms with Crippen LogP contribution in [0.3, 0.4) is 0 Å². The Morgan fingerprint density at radius 2 is 1.43 bits per heavy atom. The first kappa shape index (κ1) is 16.8. The van der Waals surface area contributed by atoms with Gasteiger partial charge in [0.05, 0.1) is 0 Å². The van der Waals surface area contributed by atoms with Gasteiger partial charge in [0.2, 0.25) is 0 Å². The summed E-state index contributed by atoms with van der Waals surface area (Å²) in [5.74, 6) is 0. The molecule has 0 bridgehead atoms.